The highest BCUT2D eigenvalue weighted by Gasteiger charge is 2.44. The molecule has 2 amide bonds. The summed E-state index contributed by atoms with van der Waals surface area (Å²) < 4.78 is 27.1. The second-order valence-electron chi connectivity index (χ2n) is 15.3. The molecule has 3 aliphatic rings. The largest absolute Gasteiger partial charge is 0.444 e. The zero-order valence-electron chi connectivity index (χ0n) is 29.1. The number of halogens is 2. The van der Waals surface area contributed by atoms with Crippen LogP contribution in [0.2, 0.25) is 5.15 Å². The Morgan fingerprint density at radius 3 is 2.52 bits per heavy atom. The molecule has 3 aliphatic heterocycles. The molecule has 2 fully saturated rings. The van der Waals surface area contributed by atoms with Crippen LogP contribution in [0.15, 0.2) is 36.5 Å². The SMILES string of the molecule is C[C@@H]1COCCN1C[C@H]1CN(C(=O)OC(C)(C)C)[C@H](C)CN1CC(=O)N1CC(C)(C)c2c1cc(Cc1ccc(F)cc1)c1ncc(Cl)n21. The number of piperazine rings is 1. The zero-order valence-corrected chi connectivity index (χ0v) is 29.9. The van der Waals surface area contributed by atoms with Gasteiger partial charge >= 0.3 is 6.09 Å². The lowest BCUT2D eigenvalue weighted by Gasteiger charge is -2.47. The first-order valence-electron chi connectivity index (χ1n) is 16.9. The van der Waals surface area contributed by atoms with Gasteiger partial charge in [0.1, 0.15) is 22.2 Å². The van der Waals surface area contributed by atoms with E-state index >= 15 is 0 Å². The van der Waals surface area contributed by atoms with E-state index in [2.05, 4.69) is 41.6 Å². The Bertz CT molecular complexity index is 1670. The molecular weight excluding hydrogens is 635 g/mol. The Kier molecular flexibility index (Phi) is 9.54. The summed E-state index contributed by atoms with van der Waals surface area (Å²) in [7, 11) is 0. The minimum atomic E-state index is -0.604. The lowest BCUT2D eigenvalue weighted by atomic mass is 9.90. The van der Waals surface area contributed by atoms with Crippen LogP contribution in [-0.2, 0) is 26.1 Å². The molecule has 0 saturated carbocycles. The van der Waals surface area contributed by atoms with Crippen molar-refractivity contribution in [1.29, 1.82) is 0 Å². The van der Waals surface area contributed by atoms with E-state index in [0.29, 0.717) is 51.0 Å². The smallest absolute Gasteiger partial charge is 0.410 e. The number of benzene rings is 1. The fraction of sp³-hybridized carbons (Fsp3) is 0.583. The molecular formula is C36H48ClFN6O4. The second-order valence-corrected chi connectivity index (χ2v) is 15.7. The summed E-state index contributed by atoms with van der Waals surface area (Å²) in [5.41, 5.74) is 3.33. The Morgan fingerprint density at radius 2 is 1.83 bits per heavy atom. The number of aromatic nitrogens is 2. The van der Waals surface area contributed by atoms with Crippen molar-refractivity contribution in [3.63, 3.8) is 0 Å². The summed E-state index contributed by atoms with van der Waals surface area (Å²) >= 11 is 6.76. The number of rotatable bonds is 6. The van der Waals surface area contributed by atoms with Crippen molar-refractivity contribution in [3.8, 4) is 0 Å². The van der Waals surface area contributed by atoms with Gasteiger partial charge in [-0.25, -0.2) is 14.2 Å². The van der Waals surface area contributed by atoms with E-state index < -0.39 is 11.0 Å². The van der Waals surface area contributed by atoms with Crippen molar-refractivity contribution in [2.75, 3.05) is 57.4 Å². The number of nitrogens with zero attached hydrogens (tertiary/aromatic N) is 6. The minimum Gasteiger partial charge on any atom is -0.444 e. The van der Waals surface area contributed by atoms with Crippen molar-refractivity contribution < 1.29 is 23.5 Å². The van der Waals surface area contributed by atoms with E-state index in [-0.39, 0.29) is 42.5 Å². The van der Waals surface area contributed by atoms with E-state index in [1.807, 2.05) is 41.9 Å². The molecule has 0 spiro atoms. The quantitative estimate of drug-likeness (QED) is 0.346. The van der Waals surface area contributed by atoms with Gasteiger partial charge < -0.3 is 19.3 Å². The summed E-state index contributed by atoms with van der Waals surface area (Å²) in [6, 6.07) is 8.52. The lowest BCUT2D eigenvalue weighted by Crippen LogP contribution is -2.64. The number of hydrogen-bond acceptors (Lipinski definition) is 7. The van der Waals surface area contributed by atoms with Crippen molar-refractivity contribution in [1.82, 2.24) is 24.1 Å². The van der Waals surface area contributed by atoms with E-state index in [0.717, 1.165) is 34.7 Å². The highest BCUT2D eigenvalue weighted by atomic mass is 35.5. The minimum absolute atomic E-state index is 0.0110. The first-order valence-corrected chi connectivity index (χ1v) is 17.3. The van der Waals surface area contributed by atoms with Crippen LogP contribution in [0.5, 0.6) is 0 Å². The fourth-order valence-corrected chi connectivity index (χ4v) is 7.60. The summed E-state index contributed by atoms with van der Waals surface area (Å²) in [6.45, 7) is 18.6. The molecule has 0 bridgehead atoms. The molecule has 2 aromatic heterocycles. The summed E-state index contributed by atoms with van der Waals surface area (Å²) in [5, 5.41) is 0.483. The molecule has 260 valence electrons. The van der Waals surface area contributed by atoms with Crippen LogP contribution in [0.4, 0.5) is 14.9 Å². The number of fused-ring (bicyclic) bond motifs is 3. The van der Waals surface area contributed by atoms with Gasteiger partial charge in [-0.15, -0.1) is 0 Å². The third kappa shape index (κ3) is 7.06. The van der Waals surface area contributed by atoms with Crippen LogP contribution in [0.3, 0.4) is 0 Å². The van der Waals surface area contributed by atoms with Crippen LogP contribution >= 0.6 is 11.6 Å². The maximum Gasteiger partial charge on any atom is 0.410 e. The number of pyridine rings is 1. The van der Waals surface area contributed by atoms with Crippen molar-refractivity contribution in [2.45, 2.75) is 84.0 Å². The van der Waals surface area contributed by atoms with Crippen LogP contribution < -0.4 is 4.90 Å². The van der Waals surface area contributed by atoms with Crippen LogP contribution in [0.25, 0.3) is 5.65 Å². The van der Waals surface area contributed by atoms with E-state index in [1.165, 1.54) is 12.1 Å². The number of ether oxygens (including phenoxy) is 2. The molecule has 5 heterocycles. The molecule has 12 heteroatoms. The molecule has 10 nitrogen and oxygen atoms in total. The maximum atomic E-state index is 14.5. The molecule has 0 N–H and O–H groups in total. The molecule has 0 aliphatic carbocycles. The predicted octanol–water partition coefficient (Wildman–Crippen LogP) is 5.37. The number of carbonyl (C=O) groups excluding carboxylic acids is 2. The van der Waals surface area contributed by atoms with Gasteiger partial charge in [0.15, 0.2) is 0 Å². The van der Waals surface area contributed by atoms with Crippen LogP contribution in [0, 0.1) is 5.82 Å². The molecule has 2 saturated heterocycles. The van der Waals surface area contributed by atoms with Gasteiger partial charge in [-0.05, 0) is 58.4 Å². The number of amides is 2. The zero-order chi connectivity index (χ0) is 34.5. The van der Waals surface area contributed by atoms with Crippen molar-refractivity contribution >= 4 is 34.9 Å². The van der Waals surface area contributed by atoms with Gasteiger partial charge in [0.2, 0.25) is 5.91 Å². The third-order valence-electron chi connectivity index (χ3n) is 9.75. The summed E-state index contributed by atoms with van der Waals surface area (Å²) in [5.74, 6) is -0.300. The Balaban J connectivity index is 1.30. The highest BCUT2D eigenvalue weighted by molar-refractivity contribution is 6.30. The standard InChI is InChI=1S/C36H48ClFN6O4/c1-23-17-41(28(18-40-12-13-47-21-24(40)2)19-42(23)34(46)48-35(3,4)5)20-31(45)43-22-36(6,7)32-29(43)15-26(33-39-16-30(37)44(32)33)14-25-8-10-27(38)11-9-25/h8-11,15-16,23-24,28H,12-14,17-22H2,1-7H3/t23-,24-,28+/m1/s1. The average molecular weight is 683 g/mol. The van der Waals surface area contributed by atoms with E-state index in [9.17, 15) is 14.0 Å². The summed E-state index contributed by atoms with van der Waals surface area (Å²) in [6.07, 6.45) is 1.83. The normalized spacial score (nSPS) is 23.5. The van der Waals surface area contributed by atoms with Crippen molar-refractivity contribution in [3.05, 3.63) is 64.3 Å². The maximum absolute atomic E-state index is 14.5. The molecule has 6 rings (SSSR count). The topological polar surface area (TPSA) is 82.9 Å². The monoisotopic (exact) mass is 682 g/mol. The van der Waals surface area contributed by atoms with Crippen LogP contribution in [-0.4, -0.2) is 112 Å². The summed E-state index contributed by atoms with van der Waals surface area (Å²) in [4.78, 5) is 40.8. The third-order valence-corrected chi connectivity index (χ3v) is 10.0. The van der Waals surface area contributed by atoms with Crippen LogP contribution in [0.1, 0.15) is 65.3 Å². The first kappa shape index (κ1) is 34.6. The van der Waals surface area contributed by atoms with E-state index in [1.54, 1.807) is 18.3 Å². The number of morpholine rings is 1. The number of carbonyl (C=O) groups is 2. The van der Waals surface area contributed by atoms with Gasteiger partial charge in [0, 0.05) is 68.2 Å². The molecule has 48 heavy (non-hydrogen) atoms. The molecule has 3 atom stereocenters. The molecule has 3 aromatic rings. The molecule has 0 radical (unpaired) electrons. The van der Waals surface area contributed by atoms with Gasteiger partial charge in [-0.2, -0.15) is 0 Å². The van der Waals surface area contributed by atoms with Gasteiger partial charge in [-0.1, -0.05) is 37.6 Å². The van der Waals surface area contributed by atoms with Crippen molar-refractivity contribution in [2.24, 2.45) is 0 Å². The Morgan fingerprint density at radius 1 is 1.10 bits per heavy atom. The highest BCUT2D eigenvalue weighted by Crippen LogP contribution is 2.43. The van der Waals surface area contributed by atoms with Gasteiger partial charge in [0.25, 0.3) is 0 Å². The predicted molar refractivity (Wildman–Crippen MR) is 184 cm³/mol. The lowest BCUT2D eigenvalue weighted by molar-refractivity contribution is -0.121. The fourth-order valence-electron chi connectivity index (χ4n) is 7.38. The molecule has 1 aromatic carbocycles. The van der Waals surface area contributed by atoms with E-state index in [4.69, 9.17) is 21.1 Å². The number of hydrogen-bond donors (Lipinski definition) is 0. The number of anilines is 1. The number of imidazole rings is 1. The van der Waals surface area contributed by atoms with Gasteiger partial charge in [-0.3, -0.25) is 19.0 Å². The Labute approximate surface area is 287 Å². The Hall–Kier alpha value is -3.25. The first-order chi connectivity index (χ1) is 22.6. The van der Waals surface area contributed by atoms with Gasteiger partial charge in [0.05, 0.1) is 37.3 Å². The molecule has 0 unspecified atom stereocenters. The second kappa shape index (κ2) is 13.2. The average Bonchev–Trinajstić information content (AvgIpc) is 3.51.